The summed E-state index contributed by atoms with van der Waals surface area (Å²) in [4.78, 5) is 36.0. The van der Waals surface area contributed by atoms with Crippen LogP contribution >= 0.6 is 43.6 Å². The number of nitrogens with zero attached hydrogens (tertiary/aromatic N) is 1. The Morgan fingerprint density at radius 1 is 1.24 bits per heavy atom. The molecule has 2 heterocycles. The van der Waals surface area contributed by atoms with Gasteiger partial charge in [0.15, 0.2) is 21.2 Å². The molecule has 192 valence electrons. The maximum absolute atomic E-state index is 13.1. The van der Waals surface area contributed by atoms with E-state index < -0.39 is 44.0 Å². The number of aromatic amines is 1. The molecule has 0 amide bonds. The fourth-order valence-corrected chi connectivity index (χ4v) is 5.53. The van der Waals surface area contributed by atoms with E-state index in [1.165, 1.54) is 37.6 Å². The molecular formula is C18H27N2O10PS3. The van der Waals surface area contributed by atoms with Crippen LogP contribution in [0.5, 0.6) is 0 Å². The van der Waals surface area contributed by atoms with E-state index in [4.69, 9.17) is 30.5 Å². The summed E-state index contributed by atoms with van der Waals surface area (Å²) in [5, 5.41) is 21.2. The summed E-state index contributed by atoms with van der Waals surface area (Å²) in [6, 6.07) is 1.18. The van der Waals surface area contributed by atoms with Crippen molar-refractivity contribution < 1.29 is 42.7 Å². The predicted octanol–water partition coefficient (Wildman–Crippen LogP) is 1.63. The van der Waals surface area contributed by atoms with Crippen LogP contribution in [0.1, 0.15) is 27.0 Å². The molecule has 2 rings (SSSR count). The largest absolute Gasteiger partial charge is 0.474 e. The summed E-state index contributed by atoms with van der Waals surface area (Å²) < 4.78 is 35.9. The zero-order valence-corrected chi connectivity index (χ0v) is 22.0. The second-order valence-corrected chi connectivity index (χ2v) is 11.9. The number of aliphatic hydroxyl groups is 2. The van der Waals surface area contributed by atoms with Crippen LogP contribution in [0.4, 0.5) is 0 Å². The van der Waals surface area contributed by atoms with E-state index in [0.29, 0.717) is 0 Å². The Kier molecular flexibility index (Phi) is 11.1. The van der Waals surface area contributed by atoms with Crippen molar-refractivity contribution in [1.82, 2.24) is 9.55 Å². The maximum Gasteiger partial charge on any atom is 0.474 e. The Bertz CT molecular complexity index is 1000. The van der Waals surface area contributed by atoms with Crippen molar-refractivity contribution in [2.24, 2.45) is 0 Å². The molecule has 0 bridgehead atoms. The number of H-pyrrole nitrogens is 1. The number of carbonyl (C=O) groups excluding carboxylic acids is 2. The first-order chi connectivity index (χ1) is 15.9. The molecule has 1 aliphatic heterocycles. The zero-order valence-electron chi connectivity index (χ0n) is 18.7. The van der Waals surface area contributed by atoms with Crippen molar-refractivity contribution in [2.75, 3.05) is 31.3 Å². The number of ether oxygens (including phenoxy) is 1. The van der Waals surface area contributed by atoms with Gasteiger partial charge in [-0.3, -0.25) is 37.5 Å². The number of rotatable bonds is 12. The van der Waals surface area contributed by atoms with Crippen LogP contribution in [0, 0.1) is 4.77 Å². The van der Waals surface area contributed by atoms with Crippen molar-refractivity contribution in [3.63, 3.8) is 0 Å². The van der Waals surface area contributed by atoms with Crippen molar-refractivity contribution in [1.29, 1.82) is 0 Å². The van der Waals surface area contributed by atoms with Crippen LogP contribution < -0.4 is 5.56 Å². The van der Waals surface area contributed by atoms with Gasteiger partial charge in [0.25, 0.3) is 5.56 Å². The molecule has 3 N–H and O–H groups in total. The number of phosphoric ester groups is 1. The standard InChI is InChI=1S/C18H27N2O10PS3/c1-11(21)33-8-6-27-31(26,28-7-9-34-12(2)22)29-10-13-15(24)18(3,25)16(30-13)20-5-4-14(23)19-17(20)32/h4-5,13,15-16,24-25H,6-10H2,1-3H3,(H,19,23,32)/t13-,15?,16-,18-/m1/s1. The van der Waals surface area contributed by atoms with Crippen molar-refractivity contribution in [3.8, 4) is 0 Å². The summed E-state index contributed by atoms with van der Waals surface area (Å²) in [7, 11) is -4.16. The highest BCUT2D eigenvalue weighted by molar-refractivity contribution is 8.13. The Morgan fingerprint density at radius 3 is 2.29 bits per heavy atom. The molecule has 16 heteroatoms. The highest BCUT2D eigenvalue weighted by Gasteiger charge is 2.53. The minimum Gasteiger partial charge on any atom is -0.387 e. The molecule has 4 atom stereocenters. The van der Waals surface area contributed by atoms with Gasteiger partial charge >= 0.3 is 7.82 Å². The summed E-state index contributed by atoms with van der Waals surface area (Å²) >= 11 is 7.04. The Morgan fingerprint density at radius 2 is 1.79 bits per heavy atom. The molecule has 34 heavy (non-hydrogen) atoms. The average molecular weight is 559 g/mol. The minimum absolute atomic E-state index is 0.0326. The van der Waals surface area contributed by atoms with Crippen LogP contribution in [0.25, 0.3) is 0 Å². The van der Waals surface area contributed by atoms with Gasteiger partial charge in [-0.15, -0.1) is 0 Å². The Balaban J connectivity index is 2.08. The van der Waals surface area contributed by atoms with Crippen molar-refractivity contribution >= 4 is 53.8 Å². The summed E-state index contributed by atoms with van der Waals surface area (Å²) in [6.45, 7) is 3.35. The zero-order chi connectivity index (χ0) is 25.5. The van der Waals surface area contributed by atoms with Crippen LogP contribution in [-0.2, 0) is 32.5 Å². The highest BCUT2D eigenvalue weighted by atomic mass is 32.2. The van der Waals surface area contributed by atoms with E-state index in [-0.39, 0.29) is 39.7 Å². The quantitative estimate of drug-likeness (QED) is 0.193. The molecule has 1 aromatic rings. The lowest BCUT2D eigenvalue weighted by atomic mass is 9.96. The third-order valence-corrected chi connectivity index (χ3v) is 7.86. The van der Waals surface area contributed by atoms with E-state index in [1.807, 2.05) is 0 Å². The molecule has 1 aromatic heterocycles. The topological polar surface area (TPSA) is 166 Å². The number of thioether (sulfide) groups is 2. The van der Waals surface area contributed by atoms with Gasteiger partial charge < -0.3 is 14.9 Å². The smallest absolute Gasteiger partial charge is 0.387 e. The van der Waals surface area contributed by atoms with Gasteiger partial charge in [-0.2, -0.15) is 0 Å². The SMILES string of the molecule is CC(=O)SCCOP(=O)(OCCSC(C)=O)OC[C@H]1O[C@@H](n2ccc(=O)[nH]c2=S)[C@](C)(O)C1O. The lowest BCUT2D eigenvalue weighted by molar-refractivity contribution is -0.109. The van der Waals surface area contributed by atoms with Crippen molar-refractivity contribution in [3.05, 3.63) is 27.4 Å². The summed E-state index contributed by atoms with van der Waals surface area (Å²) in [5.74, 6) is 0.413. The van der Waals surface area contributed by atoms with Crippen LogP contribution in [0.15, 0.2) is 17.1 Å². The second kappa shape index (κ2) is 12.9. The van der Waals surface area contributed by atoms with Gasteiger partial charge in [0.1, 0.15) is 17.8 Å². The van der Waals surface area contributed by atoms with E-state index in [1.54, 1.807) is 0 Å². The molecule has 0 radical (unpaired) electrons. The Hall–Kier alpha value is -0.870. The van der Waals surface area contributed by atoms with Crippen molar-refractivity contribution in [2.45, 2.75) is 44.8 Å². The Labute approximate surface area is 209 Å². The number of aliphatic hydroxyl groups excluding tert-OH is 1. The van der Waals surface area contributed by atoms with Gasteiger partial charge in [-0.1, -0.05) is 23.5 Å². The van der Waals surface area contributed by atoms with Crippen LogP contribution in [-0.4, -0.2) is 79.1 Å². The second-order valence-electron chi connectivity index (χ2n) is 7.30. The first kappa shape index (κ1) is 29.4. The minimum atomic E-state index is -4.16. The van der Waals surface area contributed by atoms with Gasteiger partial charge in [-0.05, 0) is 19.1 Å². The van der Waals surface area contributed by atoms with E-state index in [0.717, 1.165) is 23.5 Å². The molecule has 0 saturated carbocycles. The lowest BCUT2D eigenvalue weighted by Gasteiger charge is -2.28. The first-order valence-corrected chi connectivity index (χ1v) is 13.9. The van der Waals surface area contributed by atoms with Crippen LogP contribution in [0.2, 0.25) is 0 Å². The van der Waals surface area contributed by atoms with Gasteiger partial charge in [0.05, 0.1) is 19.8 Å². The molecule has 1 fully saturated rings. The molecule has 1 saturated heterocycles. The number of carbonyl (C=O) groups is 2. The molecule has 0 aromatic carbocycles. The van der Waals surface area contributed by atoms with Gasteiger partial charge in [0, 0.05) is 37.6 Å². The number of phosphoric acid groups is 1. The normalized spacial score (nSPS) is 24.9. The molecule has 0 spiro atoms. The molecule has 1 aliphatic rings. The predicted molar refractivity (Wildman–Crippen MR) is 128 cm³/mol. The number of hydrogen-bond acceptors (Lipinski definition) is 13. The fourth-order valence-electron chi connectivity index (χ4n) is 2.94. The molecule has 12 nitrogen and oxygen atoms in total. The van der Waals surface area contributed by atoms with Gasteiger partial charge in [0.2, 0.25) is 0 Å². The maximum atomic E-state index is 13.1. The molecule has 1 unspecified atom stereocenters. The number of aromatic nitrogens is 2. The van der Waals surface area contributed by atoms with E-state index in [2.05, 4.69) is 4.98 Å². The third kappa shape index (κ3) is 8.36. The third-order valence-electron chi connectivity index (χ3n) is 4.53. The monoisotopic (exact) mass is 558 g/mol. The first-order valence-electron chi connectivity index (χ1n) is 10.0. The van der Waals surface area contributed by atoms with Crippen LogP contribution in [0.3, 0.4) is 0 Å². The summed E-state index contributed by atoms with van der Waals surface area (Å²) in [5.41, 5.74) is -2.28. The number of hydrogen-bond donors (Lipinski definition) is 3. The van der Waals surface area contributed by atoms with Gasteiger partial charge in [-0.25, -0.2) is 4.57 Å². The van der Waals surface area contributed by atoms with E-state index in [9.17, 15) is 29.2 Å². The summed E-state index contributed by atoms with van der Waals surface area (Å²) in [6.07, 6.45) is -2.51. The lowest BCUT2D eigenvalue weighted by Crippen LogP contribution is -2.44. The highest BCUT2D eigenvalue weighted by Crippen LogP contribution is 2.50. The number of nitrogens with one attached hydrogen (secondary N) is 1. The van der Waals surface area contributed by atoms with E-state index >= 15 is 0 Å². The average Bonchev–Trinajstić information content (AvgIpc) is 2.96. The molecule has 0 aliphatic carbocycles. The molecular weight excluding hydrogens is 531 g/mol. The fraction of sp³-hybridized carbons (Fsp3) is 0.667.